The number of anilines is 1. The number of carboxylic acid groups (broad SMARTS) is 2. The monoisotopic (exact) mass is 246 g/mol. The molecule has 1 aromatic carbocycles. The van der Waals surface area contributed by atoms with Crippen LogP contribution in [0.3, 0.4) is 0 Å². The van der Waals surface area contributed by atoms with Gasteiger partial charge in [-0.3, -0.25) is 9.78 Å². The third-order valence-electron chi connectivity index (χ3n) is 2.54. The summed E-state index contributed by atoms with van der Waals surface area (Å²) in [6.07, 6.45) is -0.476. The molecule has 6 heteroatoms. The molecule has 0 radical (unpaired) electrons. The largest absolute Gasteiger partial charge is 0.481 e. The normalized spacial score (nSPS) is 10.4. The molecule has 2 aromatic rings. The molecule has 0 amide bonds. The molecule has 0 aliphatic heterocycles. The maximum Gasteiger partial charge on any atom is 0.339 e. The van der Waals surface area contributed by atoms with E-state index < -0.39 is 18.4 Å². The molecule has 0 atom stereocenters. The van der Waals surface area contributed by atoms with Gasteiger partial charge in [-0.1, -0.05) is 18.2 Å². The minimum atomic E-state index is -1.28. The van der Waals surface area contributed by atoms with Crippen LogP contribution in [0.25, 0.3) is 10.9 Å². The molecule has 0 fully saturated rings. The zero-order chi connectivity index (χ0) is 13.3. The Bertz CT molecular complexity index is 652. The molecule has 1 heterocycles. The number of rotatable bonds is 3. The molecule has 0 spiro atoms. The highest BCUT2D eigenvalue weighted by molar-refractivity contribution is 6.05. The van der Waals surface area contributed by atoms with Crippen molar-refractivity contribution in [2.45, 2.75) is 6.42 Å². The summed E-state index contributed by atoms with van der Waals surface area (Å²) < 4.78 is 0. The molecule has 0 unspecified atom stereocenters. The van der Waals surface area contributed by atoms with E-state index in [2.05, 4.69) is 4.98 Å². The summed E-state index contributed by atoms with van der Waals surface area (Å²) >= 11 is 0. The lowest BCUT2D eigenvalue weighted by Crippen LogP contribution is -2.13. The van der Waals surface area contributed by atoms with E-state index >= 15 is 0 Å². The van der Waals surface area contributed by atoms with Gasteiger partial charge in [0.25, 0.3) is 0 Å². The van der Waals surface area contributed by atoms with Crippen molar-refractivity contribution in [2.75, 3.05) is 5.73 Å². The van der Waals surface area contributed by atoms with Gasteiger partial charge in [-0.05, 0) is 6.07 Å². The highest BCUT2D eigenvalue weighted by atomic mass is 16.4. The number of pyridine rings is 1. The van der Waals surface area contributed by atoms with Crippen molar-refractivity contribution < 1.29 is 19.8 Å². The van der Waals surface area contributed by atoms with Crippen LogP contribution in [-0.4, -0.2) is 27.1 Å². The van der Waals surface area contributed by atoms with Gasteiger partial charge >= 0.3 is 11.9 Å². The highest BCUT2D eigenvalue weighted by Crippen LogP contribution is 2.26. The van der Waals surface area contributed by atoms with Gasteiger partial charge in [0.05, 0.1) is 23.3 Å². The number of hydrogen-bond donors (Lipinski definition) is 3. The van der Waals surface area contributed by atoms with Crippen molar-refractivity contribution in [3.05, 3.63) is 35.5 Å². The average Bonchev–Trinajstić information content (AvgIpc) is 2.27. The van der Waals surface area contributed by atoms with Crippen molar-refractivity contribution in [3.63, 3.8) is 0 Å². The number of aromatic carboxylic acids is 1. The van der Waals surface area contributed by atoms with Crippen LogP contribution in [0.15, 0.2) is 24.3 Å². The molecule has 0 aliphatic rings. The number of nitrogens with two attached hydrogens (primary N) is 1. The number of fused-ring (bicyclic) bond motifs is 1. The van der Waals surface area contributed by atoms with Crippen molar-refractivity contribution >= 4 is 28.5 Å². The standard InChI is InChI=1S/C12H10N2O4/c13-11-6-3-1-2-4-7(6)14-8(5-9(15)16)10(11)12(17)18/h1-4H,5H2,(H2,13,14)(H,15,16)(H,17,18). The van der Waals surface area contributed by atoms with E-state index in [1.54, 1.807) is 24.3 Å². The topological polar surface area (TPSA) is 114 Å². The Balaban J connectivity index is 2.78. The first-order chi connectivity index (χ1) is 8.50. The second-order valence-corrected chi connectivity index (χ2v) is 3.74. The lowest BCUT2D eigenvalue weighted by molar-refractivity contribution is -0.136. The summed E-state index contributed by atoms with van der Waals surface area (Å²) in [5.74, 6) is -2.43. The minimum Gasteiger partial charge on any atom is -0.481 e. The molecule has 0 aliphatic carbocycles. The van der Waals surface area contributed by atoms with Crippen molar-refractivity contribution in [2.24, 2.45) is 0 Å². The van der Waals surface area contributed by atoms with Gasteiger partial charge in [0.1, 0.15) is 5.56 Å². The number of aliphatic carboxylic acids is 1. The first-order valence-corrected chi connectivity index (χ1v) is 5.13. The Morgan fingerprint density at radius 3 is 2.50 bits per heavy atom. The van der Waals surface area contributed by atoms with Crippen LogP contribution in [0.5, 0.6) is 0 Å². The SMILES string of the molecule is Nc1c(C(=O)O)c(CC(=O)O)nc2ccccc12. The number of aromatic nitrogens is 1. The second kappa shape index (κ2) is 4.33. The molecule has 0 saturated carbocycles. The number of nitrogens with zero attached hydrogens (tertiary/aromatic N) is 1. The molecule has 18 heavy (non-hydrogen) atoms. The van der Waals surface area contributed by atoms with Gasteiger partial charge in [0, 0.05) is 5.39 Å². The smallest absolute Gasteiger partial charge is 0.339 e. The summed E-state index contributed by atoms with van der Waals surface area (Å²) in [7, 11) is 0. The van der Waals surface area contributed by atoms with Crippen LogP contribution in [0.1, 0.15) is 16.1 Å². The molecule has 2 rings (SSSR count). The van der Waals surface area contributed by atoms with Crippen molar-refractivity contribution in [1.29, 1.82) is 0 Å². The lowest BCUT2D eigenvalue weighted by Gasteiger charge is -2.09. The summed E-state index contributed by atoms with van der Waals surface area (Å²) in [6, 6.07) is 6.74. The molecular formula is C12H10N2O4. The van der Waals surface area contributed by atoms with E-state index in [1.165, 1.54) is 0 Å². The fraction of sp³-hybridized carbons (Fsp3) is 0.0833. The first kappa shape index (κ1) is 11.8. The molecule has 0 bridgehead atoms. The van der Waals surface area contributed by atoms with E-state index in [0.717, 1.165) is 0 Å². The predicted octanol–water partition coefficient (Wildman–Crippen LogP) is 1.14. The molecule has 4 N–H and O–H groups in total. The third-order valence-corrected chi connectivity index (χ3v) is 2.54. The van der Waals surface area contributed by atoms with E-state index in [4.69, 9.17) is 15.9 Å². The Hall–Kier alpha value is -2.63. The van der Waals surface area contributed by atoms with Gasteiger partial charge < -0.3 is 15.9 Å². The fourth-order valence-corrected chi connectivity index (χ4v) is 1.80. The van der Waals surface area contributed by atoms with Gasteiger partial charge in [0.2, 0.25) is 0 Å². The van der Waals surface area contributed by atoms with Crippen molar-refractivity contribution in [3.8, 4) is 0 Å². The zero-order valence-corrected chi connectivity index (χ0v) is 9.25. The summed E-state index contributed by atoms with van der Waals surface area (Å²) in [6.45, 7) is 0. The highest BCUT2D eigenvalue weighted by Gasteiger charge is 2.20. The summed E-state index contributed by atoms with van der Waals surface area (Å²) in [5.41, 5.74) is 6.04. The number of benzene rings is 1. The molecular weight excluding hydrogens is 236 g/mol. The molecule has 92 valence electrons. The van der Waals surface area contributed by atoms with Crippen LogP contribution < -0.4 is 5.73 Å². The first-order valence-electron chi connectivity index (χ1n) is 5.13. The van der Waals surface area contributed by atoms with Gasteiger partial charge in [-0.15, -0.1) is 0 Å². The van der Waals surface area contributed by atoms with Crippen LogP contribution in [0, 0.1) is 0 Å². The Kier molecular flexibility index (Phi) is 2.85. The summed E-state index contributed by atoms with van der Waals surface area (Å²) in [4.78, 5) is 25.9. The van der Waals surface area contributed by atoms with Gasteiger partial charge in [-0.25, -0.2) is 4.79 Å². The maximum absolute atomic E-state index is 11.2. The Morgan fingerprint density at radius 1 is 1.22 bits per heavy atom. The van der Waals surface area contributed by atoms with Gasteiger partial charge in [0.15, 0.2) is 0 Å². The lowest BCUT2D eigenvalue weighted by atomic mass is 10.0. The molecule has 1 aromatic heterocycles. The summed E-state index contributed by atoms with van der Waals surface area (Å²) in [5, 5.41) is 18.4. The average molecular weight is 246 g/mol. The quantitative estimate of drug-likeness (QED) is 0.748. The Morgan fingerprint density at radius 2 is 1.89 bits per heavy atom. The predicted molar refractivity (Wildman–Crippen MR) is 64.5 cm³/mol. The number of hydrogen-bond acceptors (Lipinski definition) is 4. The minimum absolute atomic E-state index is 0.0359. The van der Waals surface area contributed by atoms with Crippen LogP contribution in [0.4, 0.5) is 5.69 Å². The van der Waals surface area contributed by atoms with Crippen LogP contribution >= 0.6 is 0 Å². The number of nitrogen functional groups attached to an aromatic ring is 1. The zero-order valence-electron chi connectivity index (χ0n) is 9.25. The number of carbonyl (C=O) groups is 2. The second-order valence-electron chi connectivity index (χ2n) is 3.74. The number of para-hydroxylation sites is 1. The number of carboxylic acids is 2. The fourth-order valence-electron chi connectivity index (χ4n) is 1.80. The van der Waals surface area contributed by atoms with E-state index in [0.29, 0.717) is 10.9 Å². The van der Waals surface area contributed by atoms with E-state index in [-0.39, 0.29) is 16.9 Å². The van der Waals surface area contributed by atoms with E-state index in [1.807, 2.05) is 0 Å². The molecule has 6 nitrogen and oxygen atoms in total. The van der Waals surface area contributed by atoms with Gasteiger partial charge in [-0.2, -0.15) is 0 Å². The van der Waals surface area contributed by atoms with E-state index in [9.17, 15) is 9.59 Å². The Labute approximate surface area is 102 Å². The van der Waals surface area contributed by atoms with Crippen molar-refractivity contribution in [1.82, 2.24) is 4.98 Å². The van der Waals surface area contributed by atoms with Crippen LogP contribution in [0.2, 0.25) is 0 Å². The van der Waals surface area contributed by atoms with Crippen LogP contribution in [-0.2, 0) is 11.2 Å². The molecule has 0 saturated heterocycles. The maximum atomic E-state index is 11.2. The third kappa shape index (κ3) is 1.95.